The predicted molar refractivity (Wildman–Crippen MR) is 128 cm³/mol. The summed E-state index contributed by atoms with van der Waals surface area (Å²) in [6.07, 6.45) is 3.37. The Bertz CT molecular complexity index is 1280. The van der Waals surface area contributed by atoms with Gasteiger partial charge in [-0.2, -0.15) is 5.10 Å². The summed E-state index contributed by atoms with van der Waals surface area (Å²) in [4.78, 5) is 19.4. The monoisotopic (exact) mass is 460 g/mol. The number of pyridine rings is 1. The van der Waals surface area contributed by atoms with Gasteiger partial charge in [-0.1, -0.05) is 0 Å². The standard InChI is InChI=1S/C25H25FN6O2/c26-20-1-3-21(4-2-20)30-22-5-6-23-19(15-22)17-29-32(23)24-16-18(7-8-27-24)25(33)28-9-10-31-11-13-34-14-12-31/h1-8,15-17,30H,9-14H2,(H,28,33). The molecule has 5 rings (SSSR count). The third-order valence-corrected chi connectivity index (χ3v) is 5.74. The van der Waals surface area contributed by atoms with Crippen LogP contribution in [0.4, 0.5) is 15.8 Å². The van der Waals surface area contributed by atoms with Gasteiger partial charge in [0, 0.05) is 54.7 Å². The number of anilines is 2. The van der Waals surface area contributed by atoms with Crippen molar-refractivity contribution in [3.8, 4) is 5.82 Å². The van der Waals surface area contributed by atoms with Crippen LogP contribution >= 0.6 is 0 Å². The molecule has 1 aliphatic heterocycles. The summed E-state index contributed by atoms with van der Waals surface area (Å²) in [5.74, 6) is 0.150. The van der Waals surface area contributed by atoms with E-state index in [9.17, 15) is 9.18 Å². The molecule has 1 aliphatic rings. The fourth-order valence-electron chi connectivity index (χ4n) is 3.92. The van der Waals surface area contributed by atoms with Crippen molar-refractivity contribution in [3.05, 3.63) is 78.4 Å². The maximum Gasteiger partial charge on any atom is 0.251 e. The van der Waals surface area contributed by atoms with Gasteiger partial charge in [0.05, 0.1) is 24.9 Å². The first-order valence-electron chi connectivity index (χ1n) is 11.2. The van der Waals surface area contributed by atoms with E-state index in [-0.39, 0.29) is 11.7 Å². The van der Waals surface area contributed by atoms with Gasteiger partial charge >= 0.3 is 0 Å². The van der Waals surface area contributed by atoms with Crippen LogP contribution in [0.15, 0.2) is 67.0 Å². The largest absolute Gasteiger partial charge is 0.379 e. The van der Waals surface area contributed by atoms with Crippen LogP contribution in [0, 0.1) is 5.82 Å². The van der Waals surface area contributed by atoms with Crippen LogP contribution in [0.3, 0.4) is 0 Å². The van der Waals surface area contributed by atoms with Crippen LogP contribution in [0.25, 0.3) is 16.7 Å². The number of carbonyl (C=O) groups is 1. The number of ether oxygens (including phenoxy) is 1. The molecule has 3 heterocycles. The number of aromatic nitrogens is 3. The van der Waals surface area contributed by atoms with E-state index < -0.39 is 0 Å². The molecule has 0 aliphatic carbocycles. The lowest BCUT2D eigenvalue weighted by Crippen LogP contribution is -2.41. The van der Waals surface area contributed by atoms with Gasteiger partial charge in [-0.25, -0.2) is 14.1 Å². The summed E-state index contributed by atoms with van der Waals surface area (Å²) in [5, 5.41) is 11.6. The maximum absolute atomic E-state index is 13.1. The van der Waals surface area contributed by atoms with Gasteiger partial charge in [0.1, 0.15) is 5.82 Å². The van der Waals surface area contributed by atoms with Gasteiger partial charge in [0.2, 0.25) is 0 Å². The Balaban J connectivity index is 1.28. The lowest BCUT2D eigenvalue weighted by Gasteiger charge is -2.26. The van der Waals surface area contributed by atoms with Gasteiger partial charge in [-0.05, 0) is 54.6 Å². The molecule has 0 radical (unpaired) electrons. The Labute approximate surface area is 196 Å². The van der Waals surface area contributed by atoms with Crippen molar-refractivity contribution in [2.24, 2.45) is 0 Å². The molecular formula is C25H25FN6O2. The molecule has 9 heteroatoms. The Morgan fingerprint density at radius 3 is 2.65 bits per heavy atom. The zero-order chi connectivity index (χ0) is 23.3. The molecule has 0 unspecified atom stereocenters. The van der Waals surface area contributed by atoms with E-state index in [1.165, 1.54) is 12.1 Å². The summed E-state index contributed by atoms with van der Waals surface area (Å²) in [6, 6.07) is 15.5. The maximum atomic E-state index is 13.1. The molecule has 1 amide bonds. The summed E-state index contributed by atoms with van der Waals surface area (Å²) < 4.78 is 20.2. The summed E-state index contributed by atoms with van der Waals surface area (Å²) in [7, 11) is 0. The summed E-state index contributed by atoms with van der Waals surface area (Å²) in [6.45, 7) is 4.63. The Hall–Kier alpha value is -3.82. The zero-order valence-corrected chi connectivity index (χ0v) is 18.6. The van der Waals surface area contributed by atoms with Crippen LogP contribution < -0.4 is 10.6 Å². The van der Waals surface area contributed by atoms with Crippen LogP contribution in [-0.2, 0) is 4.74 Å². The quantitative estimate of drug-likeness (QED) is 0.440. The van der Waals surface area contributed by atoms with Gasteiger partial charge in [0.15, 0.2) is 5.82 Å². The molecule has 0 bridgehead atoms. The minimum Gasteiger partial charge on any atom is -0.379 e. The molecule has 174 valence electrons. The van der Waals surface area contributed by atoms with E-state index in [1.807, 2.05) is 18.2 Å². The van der Waals surface area contributed by atoms with Crippen molar-refractivity contribution in [3.63, 3.8) is 0 Å². The zero-order valence-electron chi connectivity index (χ0n) is 18.6. The second-order valence-electron chi connectivity index (χ2n) is 8.07. The van der Waals surface area contributed by atoms with Crippen molar-refractivity contribution in [1.29, 1.82) is 0 Å². The highest BCUT2D eigenvalue weighted by Gasteiger charge is 2.13. The molecule has 0 saturated carbocycles. The van der Waals surface area contributed by atoms with E-state index in [1.54, 1.807) is 41.3 Å². The highest BCUT2D eigenvalue weighted by molar-refractivity contribution is 5.94. The van der Waals surface area contributed by atoms with Gasteiger partial charge in [0.25, 0.3) is 5.91 Å². The van der Waals surface area contributed by atoms with Crippen LogP contribution in [0.5, 0.6) is 0 Å². The predicted octanol–water partition coefficient (Wildman–Crippen LogP) is 3.37. The van der Waals surface area contributed by atoms with E-state index >= 15 is 0 Å². The number of benzene rings is 2. The molecule has 8 nitrogen and oxygen atoms in total. The number of rotatable bonds is 7. The Morgan fingerprint density at radius 1 is 1.03 bits per heavy atom. The SMILES string of the molecule is O=C(NCCN1CCOCC1)c1ccnc(-n2ncc3cc(Nc4ccc(F)cc4)ccc32)c1. The average molecular weight is 461 g/mol. The number of amides is 1. The molecule has 2 aromatic carbocycles. The summed E-state index contributed by atoms with van der Waals surface area (Å²) >= 11 is 0. The summed E-state index contributed by atoms with van der Waals surface area (Å²) in [5.41, 5.74) is 3.05. The van der Waals surface area contributed by atoms with Crippen LogP contribution in [-0.4, -0.2) is 65.0 Å². The number of carbonyl (C=O) groups excluding carboxylic acids is 1. The van der Waals surface area contributed by atoms with Crippen molar-refractivity contribution in [1.82, 2.24) is 25.0 Å². The minimum absolute atomic E-state index is 0.140. The first-order valence-corrected chi connectivity index (χ1v) is 11.2. The number of fused-ring (bicyclic) bond motifs is 1. The highest BCUT2D eigenvalue weighted by Crippen LogP contribution is 2.24. The number of morpholine rings is 1. The third-order valence-electron chi connectivity index (χ3n) is 5.74. The van der Waals surface area contributed by atoms with Crippen LogP contribution in [0.2, 0.25) is 0 Å². The van der Waals surface area contributed by atoms with Crippen LogP contribution in [0.1, 0.15) is 10.4 Å². The minimum atomic E-state index is -0.275. The second kappa shape index (κ2) is 9.98. The highest BCUT2D eigenvalue weighted by atomic mass is 19.1. The smallest absolute Gasteiger partial charge is 0.251 e. The Kier molecular flexibility index (Phi) is 6.46. The molecule has 34 heavy (non-hydrogen) atoms. The molecule has 1 saturated heterocycles. The fraction of sp³-hybridized carbons (Fsp3) is 0.240. The van der Waals surface area contributed by atoms with Crippen molar-refractivity contribution >= 4 is 28.2 Å². The third kappa shape index (κ3) is 5.05. The molecular weight excluding hydrogens is 435 g/mol. The van der Waals surface area contributed by atoms with Crippen molar-refractivity contribution in [2.45, 2.75) is 0 Å². The number of nitrogens with one attached hydrogen (secondary N) is 2. The van der Waals surface area contributed by atoms with Gasteiger partial charge in [-0.15, -0.1) is 0 Å². The number of hydrogen-bond acceptors (Lipinski definition) is 6. The molecule has 2 aromatic heterocycles. The number of halogens is 1. The van der Waals surface area contributed by atoms with E-state index in [0.717, 1.165) is 55.1 Å². The van der Waals surface area contributed by atoms with Gasteiger partial charge in [-0.3, -0.25) is 9.69 Å². The Morgan fingerprint density at radius 2 is 1.82 bits per heavy atom. The lowest BCUT2D eigenvalue weighted by molar-refractivity contribution is 0.0383. The first kappa shape index (κ1) is 22.0. The van der Waals surface area contributed by atoms with Crippen molar-refractivity contribution in [2.75, 3.05) is 44.7 Å². The topological polar surface area (TPSA) is 84.3 Å². The number of nitrogens with zero attached hydrogens (tertiary/aromatic N) is 4. The van der Waals surface area contributed by atoms with E-state index in [2.05, 4.69) is 25.6 Å². The van der Waals surface area contributed by atoms with E-state index in [4.69, 9.17) is 4.74 Å². The molecule has 4 aromatic rings. The normalized spacial score (nSPS) is 14.3. The molecule has 2 N–H and O–H groups in total. The molecule has 0 spiro atoms. The molecule has 1 fully saturated rings. The first-order chi connectivity index (χ1) is 16.7. The average Bonchev–Trinajstić information content (AvgIpc) is 3.29. The second-order valence-corrected chi connectivity index (χ2v) is 8.07. The van der Waals surface area contributed by atoms with Gasteiger partial charge < -0.3 is 15.4 Å². The van der Waals surface area contributed by atoms with Crippen molar-refractivity contribution < 1.29 is 13.9 Å². The van der Waals surface area contributed by atoms with E-state index in [0.29, 0.717) is 17.9 Å². The fourth-order valence-corrected chi connectivity index (χ4v) is 3.92. The number of hydrogen-bond donors (Lipinski definition) is 2. The molecule has 0 atom stereocenters. The lowest BCUT2D eigenvalue weighted by atomic mass is 10.2.